The number of carbonyl (C=O) groups is 2. The molecular weight excluding hydrogens is 585 g/mol. The lowest BCUT2D eigenvalue weighted by Gasteiger charge is -2.13. The van der Waals surface area contributed by atoms with Gasteiger partial charge in [0.2, 0.25) is 0 Å². The SMILES string of the molecule is Cc1cc(C)c(OCC=CCOc2ccc(C=Cc3ccc(F)c4c(CC5(CC(=O)O)CC5)c(C)n(CC(=O)O)c34)cc2)c(C)c1. The average Bonchev–Trinajstić information content (AvgIpc) is 3.69. The van der Waals surface area contributed by atoms with Crippen LogP contribution in [0.15, 0.2) is 60.7 Å². The van der Waals surface area contributed by atoms with Crippen LogP contribution >= 0.6 is 0 Å². The number of halogens is 1. The predicted molar refractivity (Wildman–Crippen MR) is 178 cm³/mol. The quantitative estimate of drug-likeness (QED) is 0.109. The van der Waals surface area contributed by atoms with E-state index in [0.717, 1.165) is 35.3 Å². The lowest BCUT2D eigenvalue weighted by molar-refractivity contribution is -0.139. The lowest BCUT2D eigenvalue weighted by atomic mass is 9.91. The fourth-order valence-corrected chi connectivity index (χ4v) is 6.31. The van der Waals surface area contributed by atoms with Gasteiger partial charge in [-0.1, -0.05) is 42.0 Å². The van der Waals surface area contributed by atoms with E-state index in [-0.39, 0.29) is 13.0 Å². The molecule has 0 bridgehead atoms. The van der Waals surface area contributed by atoms with Gasteiger partial charge in [0, 0.05) is 11.1 Å². The minimum atomic E-state index is -1.04. The number of carboxylic acid groups (broad SMARTS) is 2. The van der Waals surface area contributed by atoms with Gasteiger partial charge in [-0.15, -0.1) is 0 Å². The second-order valence-corrected chi connectivity index (χ2v) is 12.4. The summed E-state index contributed by atoms with van der Waals surface area (Å²) < 4.78 is 28.8. The smallest absolute Gasteiger partial charge is 0.323 e. The van der Waals surface area contributed by atoms with Crippen molar-refractivity contribution in [3.8, 4) is 11.5 Å². The van der Waals surface area contributed by atoms with E-state index < -0.39 is 23.2 Å². The maximum Gasteiger partial charge on any atom is 0.323 e. The second-order valence-electron chi connectivity index (χ2n) is 12.4. The Morgan fingerprint density at radius 2 is 1.54 bits per heavy atom. The first-order valence-corrected chi connectivity index (χ1v) is 15.5. The van der Waals surface area contributed by atoms with Crippen molar-refractivity contribution < 1.29 is 33.7 Å². The van der Waals surface area contributed by atoms with Crippen LogP contribution in [-0.2, 0) is 22.6 Å². The van der Waals surface area contributed by atoms with Crippen LogP contribution in [-0.4, -0.2) is 39.9 Å². The fraction of sp³-hybridized carbons (Fsp3) is 0.316. The van der Waals surface area contributed by atoms with Crippen LogP contribution in [0.4, 0.5) is 4.39 Å². The summed E-state index contributed by atoms with van der Waals surface area (Å²) in [7, 11) is 0. The lowest BCUT2D eigenvalue weighted by Crippen LogP contribution is -2.13. The van der Waals surface area contributed by atoms with Gasteiger partial charge in [-0.05, 0) is 117 Å². The van der Waals surface area contributed by atoms with Gasteiger partial charge < -0.3 is 24.3 Å². The highest BCUT2D eigenvalue weighted by molar-refractivity contribution is 5.95. The maximum atomic E-state index is 15.4. The number of hydrogen-bond acceptors (Lipinski definition) is 4. The van der Waals surface area contributed by atoms with Gasteiger partial charge in [0.15, 0.2) is 0 Å². The highest BCUT2D eigenvalue weighted by Crippen LogP contribution is 2.53. The molecule has 4 aromatic rings. The van der Waals surface area contributed by atoms with E-state index >= 15 is 4.39 Å². The van der Waals surface area contributed by atoms with Crippen molar-refractivity contribution in [3.63, 3.8) is 0 Å². The van der Waals surface area contributed by atoms with Crippen LogP contribution in [0.3, 0.4) is 0 Å². The summed E-state index contributed by atoms with van der Waals surface area (Å²) in [6.07, 6.45) is 9.51. The van der Waals surface area contributed by atoms with Crippen LogP contribution in [0.2, 0.25) is 0 Å². The zero-order valence-corrected chi connectivity index (χ0v) is 26.7. The number of rotatable bonds is 14. The van der Waals surface area contributed by atoms with E-state index in [9.17, 15) is 19.8 Å². The molecule has 3 aromatic carbocycles. The van der Waals surface area contributed by atoms with Gasteiger partial charge in [0.1, 0.15) is 37.1 Å². The number of ether oxygens (including phenoxy) is 2. The molecule has 0 unspecified atom stereocenters. The first kappa shape index (κ1) is 32.5. The molecule has 0 atom stereocenters. The van der Waals surface area contributed by atoms with Crippen molar-refractivity contribution in [1.29, 1.82) is 0 Å². The van der Waals surface area contributed by atoms with Crippen LogP contribution in [0, 0.1) is 38.9 Å². The van der Waals surface area contributed by atoms with Crippen LogP contribution in [0.25, 0.3) is 23.1 Å². The topological polar surface area (TPSA) is 98.0 Å². The van der Waals surface area contributed by atoms with Crippen LogP contribution in [0.1, 0.15) is 58.3 Å². The molecule has 8 heteroatoms. The summed E-state index contributed by atoms with van der Waals surface area (Å²) in [6.45, 7) is 8.48. The van der Waals surface area contributed by atoms with Crippen LogP contribution in [0.5, 0.6) is 11.5 Å². The Morgan fingerprint density at radius 1 is 0.891 bits per heavy atom. The Labute approximate surface area is 268 Å². The summed E-state index contributed by atoms with van der Waals surface area (Å²) in [5.74, 6) is -0.734. The van der Waals surface area contributed by atoms with Gasteiger partial charge in [-0.25, -0.2) is 4.39 Å². The minimum Gasteiger partial charge on any atom is -0.490 e. The molecule has 1 heterocycles. The number of fused-ring (bicyclic) bond motifs is 1. The van der Waals surface area contributed by atoms with E-state index in [4.69, 9.17) is 9.47 Å². The summed E-state index contributed by atoms with van der Waals surface area (Å²) in [4.78, 5) is 23.3. The fourth-order valence-electron chi connectivity index (χ4n) is 6.31. The van der Waals surface area contributed by atoms with Gasteiger partial charge in [0.25, 0.3) is 0 Å². The van der Waals surface area contributed by atoms with Crippen molar-refractivity contribution >= 4 is 35.0 Å². The number of hydrogen-bond donors (Lipinski definition) is 2. The highest BCUT2D eigenvalue weighted by atomic mass is 19.1. The molecule has 0 aliphatic heterocycles. The monoisotopic (exact) mass is 625 g/mol. The van der Waals surface area contributed by atoms with Gasteiger partial charge >= 0.3 is 11.9 Å². The molecule has 46 heavy (non-hydrogen) atoms. The number of aryl methyl sites for hydroxylation is 3. The molecule has 2 N–H and O–H groups in total. The normalized spacial score (nSPS) is 13.9. The minimum absolute atomic E-state index is 0.0110. The van der Waals surface area contributed by atoms with E-state index in [2.05, 4.69) is 19.1 Å². The molecule has 0 radical (unpaired) electrons. The molecule has 1 aliphatic carbocycles. The first-order chi connectivity index (χ1) is 22.0. The zero-order chi connectivity index (χ0) is 33.0. The van der Waals surface area contributed by atoms with Crippen molar-refractivity contribution in [3.05, 3.63) is 106 Å². The molecule has 240 valence electrons. The van der Waals surface area contributed by atoms with Gasteiger partial charge in [-0.2, -0.15) is 0 Å². The first-order valence-electron chi connectivity index (χ1n) is 15.5. The Morgan fingerprint density at radius 3 is 2.15 bits per heavy atom. The van der Waals surface area contributed by atoms with Crippen molar-refractivity contribution in [2.75, 3.05) is 13.2 Å². The number of aliphatic carboxylic acids is 2. The van der Waals surface area contributed by atoms with E-state index in [1.807, 2.05) is 62.4 Å². The molecule has 0 spiro atoms. The van der Waals surface area contributed by atoms with Crippen molar-refractivity contribution in [1.82, 2.24) is 4.57 Å². The average molecular weight is 626 g/mol. The Balaban J connectivity index is 1.28. The Bertz CT molecular complexity index is 1810. The molecule has 1 aliphatic rings. The molecule has 7 nitrogen and oxygen atoms in total. The molecule has 1 aromatic heterocycles. The Hall–Kier alpha value is -4.85. The molecule has 0 saturated heterocycles. The van der Waals surface area contributed by atoms with Crippen molar-refractivity contribution in [2.24, 2.45) is 5.41 Å². The molecule has 0 amide bonds. The largest absolute Gasteiger partial charge is 0.490 e. The highest BCUT2D eigenvalue weighted by Gasteiger charge is 2.45. The third-order valence-corrected chi connectivity index (χ3v) is 8.68. The number of nitrogens with zero attached hydrogens (tertiary/aromatic N) is 1. The number of carboxylic acids is 2. The van der Waals surface area contributed by atoms with Crippen molar-refractivity contribution in [2.45, 2.75) is 59.9 Å². The standard InChI is InChI=1S/C38H40FNO6/c1-24-19-25(2)37(26(3)20-24)46-18-6-5-17-45-30-12-8-28(9-13-30)7-10-29-11-14-32(39)35-31(21-38(15-16-38)22-33(41)42)27(4)40(36(29)35)23-34(43)44/h5-14,19-20H,15-18,21-23H2,1-4H3,(H,41,42)(H,43,44). The molecular formula is C38H40FNO6. The third kappa shape index (κ3) is 7.50. The Kier molecular flexibility index (Phi) is 9.65. The van der Waals surface area contributed by atoms with Gasteiger partial charge in [0.05, 0.1) is 11.9 Å². The van der Waals surface area contributed by atoms with Crippen LogP contribution < -0.4 is 9.47 Å². The zero-order valence-electron chi connectivity index (χ0n) is 26.7. The molecule has 5 rings (SSSR count). The summed E-state index contributed by atoms with van der Waals surface area (Å²) in [6, 6.07) is 14.8. The summed E-state index contributed by atoms with van der Waals surface area (Å²) >= 11 is 0. The maximum absolute atomic E-state index is 15.4. The van der Waals surface area contributed by atoms with E-state index in [1.54, 1.807) is 17.6 Å². The third-order valence-electron chi connectivity index (χ3n) is 8.68. The van der Waals surface area contributed by atoms with E-state index in [1.165, 1.54) is 11.6 Å². The van der Waals surface area contributed by atoms with E-state index in [0.29, 0.717) is 53.1 Å². The second kappa shape index (κ2) is 13.6. The predicted octanol–water partition coefficient (Wildman–Crippen LogP) is 8.08. The number of aromatic nitrogens is 1. The summed E-state index contributed by atoms with van der Waals surface area (Å²) in [5.41, 5.74) is 6.45. The summed E-state index contributed by atoms with van der Waals surface area (Å²) in [5, 5.41) is 19.4. The molecule has 1 fully saturated rings. The molecule has 1 saturated carbocycles. The number of benzene rings is 3. The van der Waals surface area contributed by atoms with Gasteiger partial charge in [-0.3, -0.25) is 9.59 Å².